The molecule has 1 aliphatic heterocycles. The van der Waals surface area contributed by atoms with Crippen molar-refractivity contribution in [2.75, 3.05) is 16.6 Å². The first-order valence-electron chi connectivity index (χ1n) is 7.41. The molecule has 126 valence electrons. The average Bonchev–Trinajstić information content (AvgIpc) is 2.77. The lowest BCUT2D eigenvalue weighted by Crippen LogP contribution is -2.32. The van der Waals surface area contributed by atoms with Gasteiger partial charge in [0.15, 0.2) is 0 Å². The highest BCUT2D eigenvalue weighted by molar-refractivity contribution is 7.99. The molecule has 1 heterocycles. The summed E-state index contributed by atoms with van der Waals surface area (Å²) in [5.41, 5.74) is 0.877. The average molecular weight is 364 g/mol. The SMILES string of the molecule is Cc1ccc(S(=O)(=O)N2CCCSc3ccccc32)cc1[N+](=O)[O-]. The highest BCUT2D eigenvalue weighted by Gasteiger charge is 2.29. The van der Waals surface area contributed by atoms with Gasteiger partial charge in [0.05, 0.1) is 15.5 Å². The van der Waals surface area contributed by atoms with Crippen LogP contribution in [0.5, 0.6) is 0 Å². The summed E-state index contributed by atoms with van der Waals surface area (Å²) in [6.45, 7) is 1.94. The van der Waals surface area contributed by atoms with Crippen molar-refractivity contribution in [1.82, 2.24) is 0 Å². The van der Waals surface area contributed by atoms with Crippen LogP contribution in [0, 0.1) is 17.0 Å². The number of para-hydroxylation sites is 1. The number of anilines is 1. The first kappa shape index (κ1) is 16.8. The van der Waals surface area contributed by atoms with Crippen LogP contribution in [-0.4, -0.2) is 25.6 Å². The molecule has 0 spiro atoms. The Morgan fingerprint density at radius 1 is 1.21 bits per heavy atom. The molecule has 2 aromatic rings. The van der Waals surface area contributed by atoms with E-state index in [2.05, 4.69) is 0 Å². The molecule has 0 bridgehead atoms. The lowest BCUT2D eigenvalue weighted by Gasteiger charge is -2.24. The standard InChI is InChI=1S/C16H16N2O4S2/c1-12-7-8-13(11-15(12)18(19)20)24(21,22)17-9-4-10-23-16-6-3-2-5-14(16)17/h2-3,5-8,11H,4,9-10H2,1H3. The van der Waals surface area contributed by atoms with Gasteiger partial charge < -0.3 is 0 Å². The van der Waals surface area contributed by atoms with E-state index in [9.17, 15) is 18.5 Å². The van der Waals surface area contributed by atoms with Gasteiger partial charge in [-0.1, -0.05) is 18.2 Å². The monoisotopic (exact) mass is 364 g/mol. The van der Waals surface area contributed by atoms with Crippen LogP contribution in [0.1, 0.15) is 12.0 Å². The lowest BCUT2D eigenvalue weighted by atomic mass is 10.2. The van der Waals surface area contributed by atoms with Gasteiger partial charge in [-0.15, -0.1) is 11.8 Å². The Balaban J connectivity index is 2.11. The van der Waals surface area contributed by atoms with Crippen molar-refractivity contribution >= 4 is 33.2 Å². The predicted octanol–water partition coefficient (Wildman–Crippen LogP) is 3.59. The highest BCUT2D eigenvalue weighted by atomic mass is 32.2. The van der Waals surface area contributed by atoms with Crippen molar-refractivity contribution in [1.29, 1.82) is 0 Å². The van der Waals surface area contributed by atoms with E-state index in [0.29, 0.717) is 24.2 Å². The Morgan fingerprint density at radius 3 is 2.71 bits per heavy atom. The summed E-state index contributed by atoms with van der Waals surface area (Å²) >= 11 is 1.62. The van der Waals surface area contributed by atoms with Gasteiger partial charge in [0.1, 0.15) is 0 Å². The second-order valence-electron chi connectivity index (χ2n) is 5.45. The van der Waals surface area contributed by atoms with Gasteiger partial charge in [-0.25, -0.2) is 8.42 Å². The van der Waals surface area contributed by atoms with E-state index in [1.54, 1.807) is 30.8 Å². The molecule has 0 amide bonds. The molecule has 0 N–H and O–H groups in total. The van der Waals surface area contributed by atoms with Crippen LogP contribution < -0.4 is 4.31 Å². The number of benzene rings is 2. The van der Waals surface area contributed by atoms with Crippen molar-refractivity contribution < 1.29 is 13.3 Å². The summed E-state index contributed by atoms with van der Waals surface area (Å²) in [6, 6.07) is 11.4. The number of nitro benzene ring substituents is 1. The van der Waals surface area contributed by atoms with E-state index in [1.807, 2.05) is 12.1 Å². The maximum atomic E-state index is 13.1. The molecule has 6 nitrogen and oxygen atoms in total. The van der Waals surface area contributed by atoms with Gasteiger partial charge in [0.2, 0.25) is 0 Å². The molecule has 0 fully saturated rings. The molecule has 2 aromatic carbocycles. The fourth-order valence-electron chi connectivity index (χ4n) is 2.62. The number of rotatable bonds is 3. The molecule has 8 heteroatoms. The topological polar surface area (TPSA) is 80.5 Å². The van der Waals surface area contributed by atoms with Crippen LogP contribution in [-0.2, 0) is 10.0 Å². The van der Waals surface area contributed by atoms with E-state index in [-0.39, 0.29) is 10.6 Å². The third kappa shape index (κ3) is 2.99. The maximum Gasteiger partial charge on any atom is 0.273 e. The minimum atomic E-state index is -3.86. The first-order chi connectivity index (χ1) is 11.4. The van der Waals surface area contributed by atoms with Crippen LogP contribution in [0.25, 0.3) is 0 Å². The number of aryl methyl sites for hydroxylation is 1. The van der Waals surface area contributed by atoms with E-state index in [0.717, 1.165) is 16.7 Å². The van der Waals surface area contributed by atoms with E-state index < -0.39 is 14.9 Å². The van der Waals surface area contributed by atoms with Crippen LogP contribution in [0.4, 0.5) is 11.4 Å². The number of hydrogen-bond donors (Lipinski definition) is 0. The van der Waals surface area contributed by atoms with Crippen molar-refractivity contribution in [3.63, 3.8) is 0 Å². The summed E-state index contributed by atoms with van der Waals surface area (Å²) in [5.74, 6) is 0.830. The number of hydrogen-bond acceptors (Lipinski definition) is 5. The Hall–Kier alpha value is -2.06. The first-order valence-corrected chi connectivity index (χ1v) is 9.83. The lowest BCUT2D eigenvalue weighted by molar-refractivity contribution is -0.385. The van der Waals surface area contributed by atoms with Crippen LogP contribution in [0.2, 0.25) is 0 Å². The zero-order valence-corrected chi connectivity index (χ0v) is 14.6. The molecule has 0 aliphatic carbocycles. The number of nitrogens with zero attached hydrogens (tertiary/aromatic N) is 2. The molecule has 24 heavy (non-hydrogen) atoms. The molecule has 0 aromatic heterocycles. The molecular weight excluding hydrogens is 348 g/mol. The second kappa shape index (κ2) is 6.45. The minimum absolute atomic E-state index is 0.0542. The van der Waals surface area contributed by atoms with Gasteiger partial charge >= 0.3 is 0 Å². The second-order valence-corrected chi connectivity index (χ2v) is 8.45. The van der Waals surface area contributed by atoms with Gasteiger partial charge in [-0.3, -0.25) is 14.4 Å². The molecule has 3 rings (SSSR count). The Morgan fingerprint density at radius 2 is 1.96 bits per heavy atom. The van der Waals surface area contributed by atoms with Crippen LogP contribution in [0.15, 0.2) is 52.3 Å². The highest BCUT2D eigenvalue weighted by Crippen LogP contribution is 2.37. The summed E-state index contributed by atoms with van der Waals surface area (Å²) in [6.07, 6.45) is 0.715. The predicted molar refractivity (Wildman–Crippen MR) is 94.1 cm³/mol. The van der Waals surface area contributed by atoms with Crippen molar-refractivity contribution in [2.24, 2.45) is 0 Å². The van der Waals surface area contributed by atoms with Crippen molar-refractivity contribution in [2.45, 2.75) is 23.1 Å². The third-order valence-corrected chi connectivity index (χ3v) is 6.82. The Kier molecular flexibility index (Phi) is 4.51. The quantitative estimate of drug-likeness (QED) is 0.614. The summed E-state index contributed by atoms with van der Waals surface area (Å²) in [5, 5.41) is 11.1. The minimum Gasteiger partial charge on any atom is -0.265 e. The molecule has 0 unspecified atom stereocenters. The van der Waals surface area contributed by atoms with Gasteiger partial charge in [0.25, 0.3) is 15.7 Å². The molecule has 0 atom stereocenters. The van der Waals surface area contributed by atoms with Crippen molar-refractivity contribution in [3.05, 3.63) is 58.1 Å². The van der Waals surface area contributed by atoms with E-state index in [1.165, 1.54) is 16.4 Å². The summed E-state index contributed by atoms with van der Waals surface area (Å²) < 4.78 is 27.5. The van der Waals surface area contributed by atoms with Crippen molar-refractivity contribution in [3.8, 4) is 0 Å². The van der Waals surface area contributed by atoms with Gasteiger partial charge in [-0.05, 0) is 37.3 Å². The fourth-order valence-corrected chi connectivity index (χ4v) is 5.21. The number of sulfonamides is 1. The molecular formula is C16H16N2O4S2. The normalized spacial score (nSPS) is 14.8. The molecule has 1 aliphatic rings. The van der Waals surface area contributed by atoms with E-state index in [4.69, 9.17) is 0 Å². The van der Waals surface area contributed by atoms with Crippen LogP contribution >= 0.6 is 11.8 Å². The molecule has 0 saturated heterocycles. The van der Waals surface area contributed by atoms with Crippen LogP contribution in [0.3, 0.4) is 0 Å². The molecule has 0 saturated carbocycles. The zero-order valence-electron chi connectivity index (χ0n) is 13.0. The Labute approximate surface area is 144 Å². The molecule has 0 radical (unpaired) electrons. The number of thioether (sulfide) groups is 1. The summed E-state index contributed by atoms with van der Waals surface area (Å²) in [4.78, 5) is 11.4. The Bertz CT molecular complexity index is 897. The third-order valence-electron chi connectivity index (χ3n) is 3.86. The summed E-state index contributed by atoms with van der Waals surface area (Å²) in [7, 11) is -3.86. The maximum absolute atomic E-state index is 13.1. The zero-order chi connectivity index (χ0) is 17.3. The number of fused-ring (bicyclic) bond motifs is 1. The van der Waals surface area contributed by atoms with E-state index >= 15 is 0 Å². The smallest absolute Gasteiger partial charge is 0.265 e. The van der Waals surface area contributed by atoms with Gasteiger partial charge in [0, 0.05) is 23.1 Å². The largest absolute Gasteiger partial charge is 0.273 e. The van der Waals surface area contributed by atoms with Gasteiger partial charge in [-0.2, -0.15) is 0 Å². The number of nitro groups is 1. The fraction of sp³-hybridized carbons (Fsp3) is 0.250.